The van der Waals surface area contributed by atoms with Crippen LogP contribution in [-0.2, 0) is 17.9 Å². The highest BCUT2D eigenvalue weighted by Crippen LogP contribution is 2.32. The number of hydrogen-bond acceptors (Lipinski definition) is 6. The summed E-state index contributed by atoms with van der Waals surface area (Å²) in [6, 6.07) is 24.7. The maximum Gasteiger partial charge on any atom is 0.220 e. The first-order valence-corrected chi connectivity index (χ1v) is 15.4. The Bertz CT molecular complexity index is 1310. The van der Waals surface area contributed by atoms with Crippen molar-refractivity contribution in [3.8, 4) is 11.5 Å². The molecule has 2 fully saturated rings. The lowest BCUT2D eigenvalue weighted by Crippen LogP contribution is -2.56. The number of piperidine rings is 1. The minimum atomic E-state index is 0.0904. The predicted molar refractivity (Wildman–Crippen MR) is 169 cm³/mol. The van der Waals surface area contributed by atoms with E-state index < -0.39 is 0 Å². The number of nitrogens with one attached hydrogen (secondary N) is 1. The van der Waals surface area contributed by atoms with Crippen LogP contribution in [0.4, 0.5) is 5.69 Å². The van der Waals surface area contributed by atoms with E-state index in [1.165, 1.54) is 11.3 Å². The average Bonchev–Trinajstić information content (AvgIpc) is 3.03. The van der Waals surface area contributed by atoms with Crippen molar-refractivity contribution >= 4 is 23.2 Å². The van der Waals surface area contributed by atoms with Crippen molar-refractivity contribution in [3.63, 3.8) is 0 Å². The number of carbonyl (C=O) groups excluding carboxylic acids is 1. The Kier molecular flexibility index (Phi) is 10.6. The monoisotopic (exact) mass is 590 g/mol. The lowest BCUT2D eigenvalue weighted by Gasteiger charge is -2.47. The summed E-state index contributed by atoms with van der Waals surface area (Å²) in [4.78, 5) is 20.6. The molecule has 3 aromatic rings. The van der Waals surface area contributed by atoms with Crippen molar-refractivity contribution in [3.05, 3.63) is 88.9 Å². The molecule has 7 nitrogen and oxygen atoms in total. The van der Waals surface area contributed by atoms with Crippen LogP contribution >= 0.6 is 11.6 Å². The molecular weight excluding hydrogens is 548 g/mol. The van der Waals surface area contributed by atoms with Gasteiger partial charge >= 0.3 is 0 Å². The molecule has 224 valence electrons. The quantitative estimate of drug-likeness (QED) is 0.320. The van der Waals surface area contributed by atoms with Crippen LogP contribution in [0.3, 0.4) is 0 Å². The van der Waals surface area contributed by atoms with Gasteiger partial charge in [0.2, 0.25) is 5.91 Å². The Labute approximate surface area is 255 Å². The number of methoxy groups -OCH3 is 2. The largest absolute Gasteiger partial charge is 0.496 e. The van der Waals surface area contributed by atoms with Gasteiger partial charge in [-0.25, -0.2) is 0 Å². The Hall–Kier alpha value is -3.26. The zero-order chi connectivity index (χ0) is 29.3. The summed E-state index contributed by atoms with van der Waals surface area (Å²) >= 11 is 6.28. The van der Waals surface area contributed by atoms with Crippen LogP contribution in [0.15, 0.2) is 72.8 Å². The molecule has 0 radical (unpaired) electrons. The van der Waals surface area contributed by atoms with E-state index in [4.69, 9.17) is 21.1 Å². The summed E-state index contributed by atoms with van der Waals surface area (Å²) in [5.74, 6) is 2.23. The van der Waals surface area contributed by atoms with E-state index in [-0.39, 0.29) is 5.91 Å². The van der Waals surface area contributed by atoms with Gasteiger partial charge in [0.25, 0.3) is 0 Å². The third kappa shape index (κ3) is 7.77. The van der Waals surface area contributed by atoms with E-state index in [0.717, 1.165) is 80.7 Å². The minimum absolute atomic E-state index is 0.0904. The van der Waals surface area contributed by atoms with Crippen molar-refractivity contribution in [2.24, 2.45) is 5.92 Å². The maximum atomic E-state index is 13.0. The second-order valence-corrected chi connectivity index (χ2v) is 11.7. The fourth-order valence-corrected chi connectivity index (χ4v) is 6.74. The number of amides is 1. The molecule has 0 unspecified atom stereocenters. The number of ether oxygens (including phenoxy) is 2. The van der Waals surface area contributed by atoms with Crippen molar-refractivity contribution < 1.29 is 14.3 Å². The summed E-state index contributed by atoms with van der Waals surface area (Å²) in [5, 5.41) is 3.90. The molecule has 2 saturated heterocycles. The number of para-hydroxylation sites is 3. The van der Waals surface area contributed by atoms with Crippen LogP contribution < -0.4 is 19.7 Å². The van der Waals surface area contributed by atoms with E-state index >= 15 is 0 Å². The number of piperazine rings is 1. The number of likely N-dealkylation sites (tertiary alicyclic amines) is 1. The molecule has 42 heavy (non-hydrogen) atoms. The van der Waals surface area contributed by atoms with E-state index in [2.05, 4.69) is 44.3 Å². The highest BCUT2D eigenvalue weighted by atomic mass is 35.5. The van der Waals surface area contributed by atoms with Gasteiger partial charge in [-0.2, -0.15) is 0 Å². The molecule has 1 N–H and O–H groups in total. The van der Waals surface area contributed by atoms with Gasteiger partial charge in [-0.15, -0.1) is 0 Å². The molecule has 0 spiro atoms. The maximum absolute atomic E-state index is 13.0. The number of halogens is 1. The summed E-state index contributed by atoms with van der Waals surface area (Å²) in [5.41, 5.74) is 3.39. The first kappa shape index (κ1) is 30.2. The van der Waals surface area contributed by atoms with Crippen LogP contribution in [0.5, 0.6) is 11.5 Å². The molecule has 2 aliphatic rings. The minimum Gasteiger partial charge on any atom is -0.496 e. The van der Waals surface area contributed by atoms with Crippen molar-refractivity contribution in [1.82, 2.24) is 15.1 Å². The molecule has 8 heteroatoms. The standard InChI is InChI=1S/C34H43ClN4O3/c1-41-32-12-5-3-9-27(32)23-36-34(40)15-14-28-25-37(24-26-8-7-10-29(35)22-26)17-16-30(28)38-18-20-39(21-19-38)31-11-4-6-13-33(31)42-2/h3-13,22,28,30H,14-21,23-25H2,1-2H3,(H,36,40)/t28-,30+/m0/s1. The molecule has 0 saturated carbocycles. The third-order valence-corrected chi connectivity index (χ3v) is 8.93. The summed E-state index contributed by atoms with van der Waals surface area (Å²) < 4.78 is 11.1. The zero-order valence-electron chi connectivity index (χ0n) is 24.8. The molecule has 5 rings (SSSR count). The average molecular weight is 591 g/mol. The van der Waals surface area contributed by atoms with Gasteiger partial charge in [0.05, 0.1) is 19.9 Å². The SMILES string of the molecule is COc1ccccc1CNC(=O)CC[C@H]1CN(Cc2cccc(Cl)c2)CC[C@H]1N1CCN(c2ccccc2OC)CC1. The van der Waals surface area contributed by atoms with Crippen LogP contribution in [0.25, 0.3) is 0 Å². The number of rotatable bonds is 11. The lowest BCUT2D eigenvalue weighted by atomic mass is 9.86. The summed E-state index contributed by atoms with van der Waals surface area (Å²) in [6.07, 6.45) is 2.48. The number of nitrogens with zero attached hydrogens (tertiary/aromatic N) is 3. The first-order valence-electron chi connectivity index (χ1n) is 15.0. The van der Waals surface area contributed by atoms with Crippen molar-refractivity contribution in [1.29, 1.82) is 0 Å². The Balaban J connectivity index is 1.21. The van der Waals surface area contributed by atoms with Gasteiger partial charge in [0.1, 0.15) is 11.5 Å². The lowest BCUT2D eigenvalue weighted by molar-refractivity contribution is -0.121. The Morgan fingerprint density at radius 1 is 0.905 bits per heavy atom. The highest BCUT2D eigenvalue weighted by molar-refractivity contribution is 6.30. The van der Waals surface area contributed by atoms with Gasteiger partial charge in [-0.05, 0) is 61.2 Å². The van der Waals surface area contributed by atoms with Crippen molar-refractivity contribution in [2.75, 3.05) is 58.4 Å². The molecule has 2 aliphatic heterocycles. The van der Waals surface area contributed by atoms with Crippen LogP contribution in [0, 0.1) is 5.92 Å². The summed E-state index contributed by atoms with van der Waals surface area (Å²) in [6.45, 7) is 7.32. The van der Waals surface area contributed by atoms with Crippen LogP contribution in [0.1, 0.15) is 30.4 Å². The van der Waals surface area contributed by atoms with E-state index in [1.807, 2.05) is 48.5 Å². The Morgan fingerprint density at radius 2 is 1.64 bits per heavy atom. The fraction of sp³-hybridized carbons (Fsp3) is 0.441. The van der Waals surface area contributed by atoms with Gasteiger partial charge in [-0.1, -0.05) is 54.1 Å². The topological polar surface area (TPSA) is 57.3 Å². The second-order valence-electron chi connectivity index (χ2n) is 11.3. The predicted octanol–water partition coefficient (Wildman–Crippen LogP) is 5.47. The van der Waals surface area contributed by atoms with Gasteiger partial charge < -0.3 is 19.7 Å². The number of benzene rings is 3. The second kappa shape index (κ2) is 14.8. The Morgan fingerprint density at radius 3 is 2.40 bits per heavy atom. The van der Waals surface area contributed by atoms with Crippen LogP contribution in [0.2, 0.25) is 5.02 Å². The molecule has 0 bridgehead atoms. The molecule has 1 amide bonds. The molecule has 3 aromatic carbocycles. The molecular formula is C34H43ClN4O3. The molecule has 0 aliphatic carbocycles. The van der Waals surface area contributed by atoms with E-state index in [1.54, 1.807) is 14.2 Å². The number of anilines is 1. The number of hydrogen-bond donors (Lipinski definition) is 1. The van der Waals surface area contributed by atoms with Gasteiger partial charge in [0, 0.05) is 68.9 Å². The van der Waals surface area contributed by atoms with E-state index in [9.17, 15) is 4.79 Å². The van der Waals surface area contributed by atoms with Gasteiger partial charge in [0.15, 0.2) is 0 Å². The first-order chi connectivity index (χ1) is 20.5. The smallest absolute Gasteiger partial charge is 0.220 e. The molecule has 2 atom stereocenters. The van der Waals surface area contributed by atoms with Crippen molar-refractivity contribution in [2.45, 2.75) is 38.4 Å². The molecule has 0 aromatic heterocycles. The normalized spacial score (nSPS) is 19.8. The third-order valence-electron chi connectivity index (χ3n) is 8.69. The fourth-order valence-electron chi connectivity index (χ4n) is 6.53. The highest BCUT2D eigenvalue weighted by Gasteiger charge is 2.35. The van der Waals surface area contributed by atoms with Gasteiger partial charge in [-0.3, -0.25) is 14.6 Å². The number of carbonyl (C=O) groups is 1. The van der Waals surface area contributed by atoms with E-state index in [0.29, 0.717) is 24.9 Å². The van der Waals surface area contributed by atoms with Crippen LogP contribution in [-0.4, -0.2) is 75.2 Å². The zero-order valence-corrected chi connectivity index (χ0v) is 25.6. The summed E-state index contributed by atoms with van der Waals surface area (Å²) in [7, 11) is 3.40. The molecule has 2 heterocycles.